The van der Waals surface area contributed by atoms with Crippen molar-refractivity contribution < 1.29 is 13.2 Å². The maximum Gasteiger partial charge on any atom is 0.416 e. The molecule has 0 saturated heterocycles. The standard InChI is InChI=1S/C27H33F3N4S/c1-19-15-22(33-25(16-19)34-24-17-21(13-14-31-24)27(28,29)30)23-18-32-26(35-23)20-11-9-7-5-3-2-4-6-8-10-12-20/h13-18,20H,2-12H2,1H3,(H,31,33,34). The van der Waals surface area contributed by atoms with Crippen molar-refractivity contribution >= 4 is 23.0 Å². The molecule has 3 aromatic heterocycles. The van der Waals surface area contributed by atoms with Gasteiger partial charge in [0.15, 0.2) is 0 Å². The number of anilines is 2. The van der Waals surface area contributed by atoms with Crippen LogP contribution in [0.25, 0.3) is 10.6 Å². The number of nitrogens with one attached hydrogen (secondary N) is 1. The molecule has 35 heavy (non-hydrogen) atoms. The van der Waals surface area contributed by atoms with E-state index in [1.54, 1.807) is 17.4 Å². The normalized spacial score (nSPS) is 16.9. The molecular formula is C27H33F3N4S. The van der Waals surface area contributed by atoms with E-state index in [0.717, 1.165) is 34.5 Å². The molecule has 0 aromatic carbocycles. The van der Waals surface area contributed by atoms with Crippen LogP contribution in [0.2, 0.25) is 0 Å². The summed E-state index contributed by atoms with van der Waals surface area (Å²) in [6.45, 7) is 1.95. The van der Waals surface area contributed by atoms with Crippen molar-refractivity contribution in [2.45, 2.75) is 89.6 Å². The Kier molecular flexibility index (Phi) is 8.76. The molecule has 1 fully saturated rings. The summed E-state index contributed by atoms with van der Waals surface area (Å²) in [6.07, 6.45) is 12.9. The van der Waals surface area contributed by atoms with Crippen LogP contribution in [0.5, 0.6) is 0 Å². The molecule has 3 aromatic rings. The first kappa shape index (κ1) is 25.6. The van der Waals surface area contributed by atoms with Crippen LogP contribution in [0.4, 0.5) is 24.8 Å². The average molecular weight is 503 g/mol. The van der Waals surface area contributed by atoms with E-state index >= 15 is 0 Å². The van der Waals surface area contributed by atoms with Gasteiger partial charge in [0.05, 0.1) is 21.1 Å². The van der Waals surface area contributed by atoms with Gasteiger partial charge in [0.25, 0.3) is 0 Å². The number of aromatic nitrogens is 3. The zero-order valence-electron chi connectivity index (χ0n) is 20.2. The molecule has 3 heterocycles. The van der Waals surface area contributed by atoms with Crippen molar-refractivity contribution in [1.82, 2.24) is 15.0 Å². The highest BCUT2D eigenvalue weighted by atomic mass is 32.1. The molecular weight excluding hydrogens is 469 g/mol. The third kappa shape index (κ3) is 7.50. The van der Waals surface area contributed by atoms with Gasteiger partial charge < -0.3 is 5.32 Å². The molecule has 1 saturated carbocycles. The van der Waals surface area contributed by atoms with E-state index < -0.39 is 11.7 Å². The van der Waals surface area contributed by atoms with Gasteiger partial charge in [-0.15, -0.1) is 11.3 Å². The van der Waals surface area contributed by atoms with Crippen LogP contribution in [-0.2, 0) is 6.18 Å². The number of aryl methyl sites for hydroxylation is 1. The van der Waals surface area contributed by atoms with E-state index in [-0.39, 0.29) is 5.82 Å². The SMILES string of the molecule is Cc1cc(Nc2cc(C(F)(F)F)ccn2)nc(-c2cnc(C3CCCCCCCCCCC3)s2)c1. The zero-order valence-corrected chi connectivity index (χ0v) is 21.0. The molecule has 1 N–H and O–H groups in total. The van der Waals surface area contributed by atoms with E-state index in [4.69, 9.17) is 4.98 Å². The van der Waals surface area contributed by atoms with Crippen molar-refractivity contribution in [3.8, 4) is 10.6 Å². The largest absolute Gasteiger partial charge is 0.416 e. The molecule has 0 aliphatic heterocycles. The first-order chi connectivity index (χ1) is 16.9. The number of pyridine rings is 2. The van der Waals surface area contributed by atoms with Gasteiger partial charge in [-0.05, 0) is 49.6 Å². The lowest BCUT2D eigenvalue weighted by molar-refractivity contribution is -0.137. The number of thiazole rings is 1. The van der Waals surface area contributed by atoms with Crippen molar-refractivity contribution in [1.29, 1.82) is 0 Å². The summed E-state index contributed by atoms with van der Waals surface area (Å²) < 4.78 is 39.2. The summed E-state index contributed by atoms with van der Waals surface area (Å²) in [7, 11) is 0. The number of rotatable bonds is 4. The minimum atomic E-state index is -4.42. The fourth-order valence-corrected chi connectivity index (χ4v) is 5.72. The Morgan fingerprint density at radius 1 is 0.857 bits per heavy atom. The van der Waals surface area contributed by atoms with Crippen LogP contribution in [0.15, 0.2) is 36.7 Å². The van der Waals surface area contributed by atoms with Crippen LogP contribution < -0.4 is 5.32 Å². The van der Waals surface area contributed by atoms with E-state index in [1.807, 2.05) is 19.2 Å². The highest BCUT2D eigenvalue weighted by Gasteiger charge is 2.30. The molecule has 8 heteroatoms. The lowest BCUT2D eigenvalue weighted by Gasteiger charge is -2.15. The molecule has 0 bridgehead atoms. The van der Waals surface area contributed by atoms with Crippen LogP contribution in [0.1, 0.15) is 92.7 Å². The van der Waals surface area contributed by atoms with Gasteiger partial charge in [0.2, 0.25) is 0 Å². The zero-order chi connectivity index (χ0) is 24.7. The topological polar surface area (TPSA) is 50.7 Å². The van der Waals surface area contributed by atoms with Gasteiger partial charge >= 0.3 is 6.18 Å². The number of hydrogen-bond donors (Lipinski definition) is 1. The molecule has 4 nitrogen and oxygen atoms in total. The minimum absolute atomic E-state index is 0.113. The van der Waals surface area contributed by atoms with Gasteiger partial charge in [-0.1, -0.05) is 57.8 Å². The molecule has 1 aliphatic carbocycles. The smallest absolute Gasteiger partial charge is 0.325 e. The minimum Gasteiger partial charge on any atom is -0.325 e. The Labute approximate surface area is 209 Å². The predicted octanol–water partition coefficient (Wildman–Crippen LogP) is 9.06. The second-order valence-electron chi connectivity index (χ2n) is 9.49. The van der Waals surface area contributed by atoms with Gasteiger partial charge in [-0.2, -0.15) is 13.2 Å². The van der Waals surface area contributed by atoms with Crippen LogP contribution in [0.3, 0.4) is 0 Å². The van der Waals surface area contributed by atoms with Crippen molar-refractivity contribution in [3.05, 3.63) is 52.8 Å². The number of alkyl halides is 3. The van der Waals surface area contributed by atoms with Crippen molar-refractivity contribution in [2.24, 2.45) is 0 Å². The third-order valence-electron chi connectivity index (χ3n) is 6.54. The lowest BCUT2D eigenvalue weighted by Crippen LogP contribution is -2.06. The van der Waals surface area contributed by atoms with E-state index in [2.05, 4.69) is 15.3 Å². The van der Waals surface area contributed by atoms with E-state index in [9.17, 15) is 13.2 Å². The van der Waals surface area contributed by atoms with Crippen LogP contribution in [0, 0.1) is 6.92 Å². The maximum absolute atomic E-state index is 13.1. The van der Waals surface area contributed by atoms with E-state index in [0.29, 0.717) is 11.7 Å². The summed E-state index contributed by atoms with van der Waals surface area (Å²) in [5.41, 5.74) is 0.994. The molecule has 0 spiro atoms. The van der Waals surface area contributed by atoms with Gasteiger partial charge in [0.1, 0.15) is 11.6 Å². The van der Waals surface area contributed by atoms with Gasteiger partial charge in [0, 0.05) is 18.3 Å². The Bertz CT molecular complexity index is 1080. The highest BCUT2D eigenvalue weighted by molar-refractivity contribution is 7.15. The number of hydrogen-bond acceptors (Lipinski definition) is 5. The fourth-order valence-electron chi connectivity index (χ4n) is 4.67. The summed E-state index contributed by atoms with van der Waals surface area (Å²) in [4.78, 5) is 14.5. The summed E-state index contributed by atoms with van der Waals surface area (Å²) in [6, 6.07) is 5.75. The Morgan fingerprint density at radius 3 is 2.17 bits per heavy atom. The molecule has 0 atom stereocenters. The molecule has 1 aliphatic rings. The Morgan fingerprint density at radius 2 is 1.51 bits per heavy atom. The van der Waals surface area contributed by atoms with Gasteiger partial charge in [-0.25, -0.2) is 15.0 Å². The molecule has 0 radical (unpaired) electrons. The highest BCUT2D eigenvalue weighted by Crippen LogP contribution is 2.36. The molecule has 188 valence electrons. The fraction of sp³-hybridized carbons (Fsp3) is 0.519. The Hall–Kier alpha value is -2.48. The van der Waals surface area contributed by atoms with Crippen LogP contribution >= 0.6 is 11.3 Å². The predicted molar refractivity (Wildman–Crippen MR) is 136 cm³/mol. The second-order valence-corrected chi connectivity index (χ2v) is 10.5. The first-order valence-corrected chi connectivity index (χ1v) is 13.5. The first-order valence-electron chi connectivity index (χ1n) is 12.6. The van der Waals surface area contributed by atoms with E-state index in [1.165, 1.54) is 75.6 Å². The second kappa shape index (κ2) is 12.0. The van der Waals surface area contributed by atoms with Crippen molar-refractivity contribution in [3.63, 3.8) is 0 Å². The number of nitrogens with zero attached hydrogens (tertiary/aromatic N) is 3. The van der Waals surface area contributed by atoms with Crippen LogP contribution in [-0.4, -0.2) is 15.0 Å². The quantitative estimate of drug-likeness (QED) is 0.387. The average Bonchev–Trinajstić information content (AvgIpc) is 3.29. The molecule has 0 amide bonds. The Balaban J connectivity index is 1.50. The monoisotopic (exact) mass is 502 g/mol. The third-order valence-corrected chi connectivity index (χ3v) is 7.73. The van der Waals surface area contributed by atoms with Crippen molar-refractivity contribution in [2.75, 3.05) is 5.32 Å². The maximum atomic E-state index is 13.1. The summed E-state index contributed by atoms with van der Waals surface area (Å²) in [5, 5.41) is 4.11. The summed E-state index contributed by atoms with van der Waals surface area (Å²) in [5.74, 6) is 1.07. The number of halogens is 3. The molecule has 4 rings (SSSR count). The lowest BCUT2D eigenvalue weighted by atomic mass is 9.93. The summed E-state index contributed by atoms with van der Waals surface area (Å²) >= 11 is 1.69. The van der Waals surface area contributed by atoms with Gasteiger partial charge in [-0.3, -0.25) is 0 Å². The molecule has 0 unspecified atom stereocenters.